The number of para-hydroxylation sites is 1. The molecule has 8 nitrogen and oxygen atoms in total. The van der Waals surface area contributed by atoms with Crippen LogP contribution in [0.25, 0.3) is 0 Å². The van der Waals surface area contributed by atoms with Gasteiger partial charge < -0.3 is 26.2 Å². The van der Waals surface area contributed by atoms with Gasteiger partial charge in [-0.1, -0.05) is 18.2 Å². The number of carbonyl (C=O) groups excluding carboxylic acids is 1. The number of hydrogen-bond acceptors (Lipinski definition) is 7. The molecule has 2 heterocycles. The molecule has 8 heteroatoms. The van der Waals surface area contributed by atoms with E-state index in [0.29, 0.717) is 24.8 Å². The Labute approximate surface area is 163 Å². The molecule has 1 aromatic heterocycles. The minimum Gasteiger partial charge on any atom is -0.493 e. The minimum absolute atomic E-state index is 0.0220. The summed E-state index contributed by atoms with van der Waals surface area (Å²) in [5.74, 6) is 1.10. The number of carbonyl (C=O) groups is 1. The van der Waals surface area contributed by atoms with Gasteiger partial charge in [-0.3, -0.25) is 4.79 Å². The Morgan fingerprint density at radius 3 is 2.89 bits per heavy atom. The number of fused-ring (bicyclic) bond motifs is 1. The van der Waals surface area contributed by atoms with E-state index < -0.39 is 5.91 Å². The lowest BCUT2D eigenvalue weighted by atomic mass is 9.93. The van der Waals surface area contributed by atoms with Crippen molar-refractivity contribution in [2.75, 3.05) is 17.2 Å². The average Bonchev–Trinajstić information content (AvgIpc) is 2.68. The number of nitrogens with one attached hydrogen (secondary N) is 2. The Morgan fingerprint density at radius 2 is 2.07 bits per heavy atom. The van der Waals surface area contributed by atoms with Crippen LogP contribution in [0.4, 0.5) is 11.8 Å². The van der Waals surface area contributed by atoms with Gasteiger partial charge in [0.2, 0.25) is 5.95 Å². The highest BCUT2D eigenvalue weighted by Gasteiger charge is 2.24. The molecule has 0 spiro atoms. The molecular formula is C20H25N5O3. The molecule has 1 aliphatic heterocycles. The summed E-state index contributed by atoms with van der Waals surface area (Å²) in [5.41, 5.74) is 6.80. The summed E-state index contributed by atoms with van der Waals surface area (Å²) in [7, 11) is 0. The SMILES string of the molecule is NC(=O)c1cnc(N[C@H]2CCOc3ccccc32)nc1N[C@@H]1CCC[C@H](O)C1. The van der Waals surface area contributed by atoms with Crippen LogP contribution in [0.2, 0.25) is 0 Å². The second-order valence-corrected chi connectivity index (χ2v) is 7.35. The molecule has 3 atom stereocenters. The van der Waals surface area contributed by atoms with E-state index >= 15 is 0 Å². The van der Waals surface area contributed by atoms with Crippen LogP contribution in [0.5, 0.6) is 5.75 Å². The zero-order chi connectivity index (χ0) is 19.5. The molecule has 1 saturated carbocycles. The zero-order valence-corrected chi connectivity index (χ0v) is 15.6. The van der Waals surface area contributed by atoms with Gasteiger partial charge in [0.25, 0.3) is 5.91 Å². The number of anilines is 2. The van der Waals surface area contributed by atoms with Gasteiger partial charge in [0, 0.05) is 24.2 Å². The quantitative estimate of drug-likeness (QED) is 0.624. The molecule has 0 saturated heterocycles. The number of nitrogens with zero attached hydrogens (tertiary/aromatic N) is 2. The van der Waals surface area contributed by atoms with Crippen LogP contribution in [0, 0.1) is 0 Å². The summed E-state index contributed by atoms with van der Waals surface area (Å²) >= 11 is 0. The van der Waals surface area contributed by atoms with E-state index in [9.17, 15) is 9.90 Å². The van der Waals surface area contributed by atoms with Crippen LogP contribution in [0.3, 0.4) is 0 Å². The highest BCUT2D eigenvalue weighted by atomic mass is 16.5. The van der Waals surface area contributed by atoms with Crippen LogP contribution in [-0.2, 0) is 0 Å². The van der Waals surface area contributed by atoms with Gasteiger partial charge in [0.15, 0.2) is 0 Å². The van der Waals surface area contributed by atoms with Gasteiger partial charge in [-0.25, -0.2) is 4.98 Å². The summed E-state index contributed by atoms with van der Waals surface area (Å²) in [6.07, 6.45) is 5.18. The third-order valence-corrected chi connectivity index (χ3v) is 5.30. The van der Waals surface area contributed by atoms with Crippen molar-refractivity contribution >= 4 is 17.7 Å². The predicted octanol–water partition coefficient (Wildman–Crippen LogP) is 2.23. The standard InChI is InChI=1S/C20H25N5O3/c21-18(27)15-11-22-20(25-19(15)23-12-4-3-5-13(26)10-12)24-16-8-9-28-17-7-2-1-6-14(16)17/h1-2,6-7,11-13,16,26H,3-5,8-10H2,(H2,21,27)(H2,22,23,24,25)/t12-,13+,16+/m1/s1. The van der Waals surface area contributed by atoms with Crippen LogP contribution < -0.4 is 21.1 Å². The number of rotatable bonds is 5. The third kappa shape index (κ3) is 4.01. The van der Waals surface area contributed by atoms with E-state index in [4.69, 9.17) is 10.5 Å². The van der Waals surface area contributed by atoms with E-state index in [-0.39, 0.29) is 23.8 Å². The van der Waals surface area contributed by atoms with Crippen LogP contribution in [0.1, 0.15) is 54.1 Å². The van der Waals surface area contributed by atoms with E-state index in [1.165, 1.54) is 6.20 Å². The van der Waals surface area contributed by atoms with E-state index in [1.54, 1.807) is 0 Å². The molecule has 0 bridgehead atoms. The molecule has 2 aliphatic rings. The van der Waals surface area contributed by atoms with Gasteiger partial charge in [0.05, 0.1) is 24.3 Å². The molecule has 148 valence electrons. The van der Waals surface area contributed by atoms with Crippen molar-refractivity contribution in [2.24, 2.45) is 5.73 Å². The van der Waals surface area contributed by atoms with Crippen molar-refractivity contribution in [1.29, 1.82) is 0 Å². The molecule has 1 aromatic carbocycles. The number of aliphatic hydroxyl groups is 1. The number of hydrogen-bond donors (Lipinski definition) is 4. The second-order valence-electron chi connectivity index (χ2n) is 7.35. The molecule has 1 amide bonds. The first kappa shape index (κ1) is 18.5. The van der Waals surface area contributed by atoms with E-state index in [0.717, 1.165) is 37.0 Å². The molecule has 2 aromatic rings. The van der Waals surface area contributed by atoms with Gasteiger partial charge in [0.1, 0.15) is 11.6 Å². The molecule has 0 radical (unpaired) electrons. The predicted molar refractivity (Wildman–Crippen MR) is 105 cm³/mol. The molecule has 0 unspecified atom stereocenters. The summed E-state index contributed by atoms with van der Waals surface area (Å²) in [6.45, 7) is 0.610. The fourth-order valence-electron chi connectivity index (χ4n) is 3.88. The first-order chi connectivity index (χ1) is 13.6. The van der Waals surface area contributed by atoms with Gasteiger partial charge >= 0.3 is 0 Å². The van der Waals surface area contributed by atoms with Gasteiger partial charge in [-0.05, 0) is 31.7 Å². The lowest BCUT2D eigenvalue weighted by Crippen LogP contribution is -2.31. The largest absolute Gasteiger partial charge is 0.493 e. The summed E-state index contributed by atoms with van der Waals surface area (Å²) in [6, 6.07) is 7.96. The van der Waals surface area contributed by atoms with Crippen molar-refractivity contribution in [1.82, 2.24) is 9.97 Å². The number of nitrogens with two attached hydrogens (primary N) is 1. The molecular weight excluding hydrogens is 358 g/mol. The summed E-state index contributed by atoms with van der Waals surface area (Å²) in [5, 5.41) is 16.5. The monoisotopic (exact) mass is 383 g/mol. The van der Waals surface area contributed by atoms with Crippen molar-refractivity contribution in [3.8, 4) is 5.75 Å². The van der Waals surface area contributed by atoms with Crippen LogP contribution >= 0.6 is 0 Å². The first-order valence-electron chi connectivity index (χ1n) is 9.70. The Kier molecular flexibility index (Phi) is 5.29. The smallest absolute Gasteiger partial charge is 0.254 e. The third-order valence-electron chi connectivity index (χ3n) is 5.30. The lowest BCUT2D eigenvalue weighted by Gasteiger charge is -2.28. The van der Waals surface area contributed by atoms with Crippen LogP contribution in [0.15, 0.2) is 30.5 Å². The lowest BCUT2D eigenvalue weighted by molar-refractivity contribution is 0.100. The summed E-state index contributed by atoms with van der Waals surface area (Å²) < 4.78 is 5.70. The molecule has 4 rings (SSSR count). The first-order valence-corrected chi connectivity index (χ1v) is 9.70. The Balaban J connectivity index is 1.56. The normalized spacial score (nSPS) is 24.0. The number of amides is 1. The van der Waals surface area contributed by atoms with Crippen molar-refractivity contribution < 1.29 is 14.6 Å². The van der Waals surface area contributed by atoms with Gasteiger partial charge in [-0.2, -0.15) is 4.98 Å². The number of aromatic nitrogens is 2. The van der Waals surface area contributed by atoms with E-state index in [1.807, 2.05) is 24.3 Å². The maximum absolute atomic E-state index is 11.8. The number of benzene rings is 1. The fourth-order valence-corrected chi connectivity index (χ4v) is 3.88. The number of primary amides is 1. The minimum atomic E-state index is -0.582. The second kappa shape index (κ2) is 8.02. The molecule has 1 fully saturated rings. The Hall–Kier alpha value is -2.87. The highest BCUT2D eigenvalue weighted by Crippen LogP contribution is 2.33. The fraction of sp³-hybridized carbons (Fsp3) is 0.450. The van der Waals surface area contributed by atoms with E-state index in [2.05, 4.69) is 20.6 Å². The van der Waals surface area contributed by atoms with Crippen molar-refractivity contribution in [3.63, 3.8) is 0 Å². The number of aliphatic hydroxyl groups excluding tert-OH is 1. The maximum Gasteiger partial charge on any atom is 0.254 e. The molecule has 5 N–H and O–H groups in total. The maximum atomic E-state index is 11.8. The molecule has 1 aliphatic carbocycles. The Bertz CT molecular complexity index is 859. The van der Waals surface area contributed by atoms with Crippen molar-refractivity contribution in [3.05, 3.63) is 41.6 Å². The topological polar surface area (TPSA) is 122 Å². The number of ether oxygens (including phenoxy) is 1. The zero-order valence-electron chi connectivity index (χ0n) is 15.6. The average molecular weight is 383 g/mol. The summed E-state index contributed by atoms with van der Waals surface area (Å²) in [4.78, 5) is 20.6. The molecule has 28 heavy (non-hydrogen) atoms. The van der Waals surface area contributed by atoms with Crippen LogP contribution in [-0.4, -0.2) is 39.7 Å². The highest BCUT2D eigenvalue weighted by molar-refractivity contribution is 5.97. The van der Waals surface area contributed by atoms with Crippen molar-refractivity contribution in [2.45, 2.75) is 50.3 Å². The van der Waals surface area contributed by atoms with Gasteiger partial charge in [-0.15, -0.1) is 0 Å². The Morgan fingerprint density at radius 1 is 1.21 bits per heavy atom.